The number of benzene rings is 1. The van der Waals surface area contributed by atoms with Gasteiger partial charge in [-0.05, 0) is 12.1 Å². The molecule has 4 N–H and O–H groups in total. The molecule has 0 spiro atoms. The largest absolute Gasteiger partial charge is 0.397 e. The summed E-state index contributed by atoms with van der Waals surface area (Å²) in [6.07, 6.45) is 0. The van der Waals surface area contributed by atoms with Gasteiger partial charge in [-0.15, -0.1) is 0 Å². The first-order valence-electron chi connectivity index (χ1n) is 5.12. The third kappa shape index (κ3) is 2.22. The molecular weight excluding hydrogens is 259 g/mol. The normalized spacial score (nSPS) is 10.5. The molecule has 2 aromatic rings. The lowest BCUT2D eigenvalue weighted by Gasteiger charge is -2.08. The summed E-state index contributed by atoms with van der Waals surface area (Å²) in [6.45, 7) is 0. The second-order valence-corrected chi connectivity index (χ2v) is 3.72. The van der Waals surface area contributed by atoms with Crippen molar-refractivity contribution in [2.45, 2.75) is 0 Å². The van der Waals surface area contributed by atoms with Crippen molar-refractivity contribution in [1.82, 2.24) is 4.98 Å². The van der Waals surface area contributed by atoms with E-state index >= 15 is 0 Å². The molecule has 98 valence electrons. The van der Waals surface area contributed by atoms with Gasteiger partial charge in [0.25, 0.3) is 5.91 Å². The number of nitrogens with two attached hydrogens (primary N) is 2. The number of carbonyl (C=O) groups excluding carboxylic acids is 1. The number of hydrogen-bond donors (Lipinski definition) is 2. The highest BCUT2D eigenvalue weighted by Gasteiger charge is 2.20. The van der Waals surface area contributed by atoms with E-state index in [0.29, 0.717) is 0 Å². The zero-order chi connectivity index (χ0) is 14.2. The highest BCUT2D eigenvalue weighted by atomic mass is 19.1. The van der Waals surface area contributed by atoms with E-state index in [1.54, 1.807) is 0 Å². The van der Waals surface area contributed by atoms with Crippen LogP contribution in [0.5, 0.6) is 0 Å². The van der Waals surface area contributed by atoms with Crippen molar-refractivity contribution < 1.29 is 18.0 Å². The molecule has 0 fully saturated rings. The number of hydrogen-bond acceptors (Lipinski definition) is 3. The van der Waals surface area contributed by atoms with Crippen LogP contribution in [0, 0.1) is 17.5 Å². The van der Waals surface area contributed by atoms with Crippen molar-refractivity contribution >= 4 is 11.6 Å². The lowest BCUT2D eigenvalue weighted by Crippen LogP contribution is -2.17. The number of primary amides is 1. The maximum absolute atomic E-state index is 13.7. The summed E-state index contributed by atoms with van der Waals surface area (Å²) < 4.78 is 40.8. The van der Waals surface area contributed by atoms with Gasteiger partial charge in [0.15, 0.2) is 11.5 Å². The summed E-state index contributed by atoms with van der Waals surface area (Å²) in [5.74, 6) is -4.08. The molecule has 0 aliphatic rings. The van der Waals surface area contributed by atoms with Crippen LogP contribution in [0.4, 0.5) is 18.9 Å². The number of aromatic nitrogens is 1. The van der Waals surface area contributed by atoms with Gasteiger partial charge < -0.3 is 11.5 Å². The molecular formula is C12H8F3N3O. The molecule has 1 heterocycles. The molecule has 0 unspecified atom stereocenters. The van der Waals surface area contributed by atoms with Crippen LogP contribution in [0.1, 0.15) is 10.5 Å². The molecule has 2 rings (SSSR count). The van der Waals surface area contributed by atoms with Crippen molar-refractivity contribution in [3.8, 4) is 11.3 Å². The third-order valence-electron chi connectivity index (χ3n) is 2.44. The van der Waals surface area contributed by atoms with Gasteiger partial charge in [0.1, 0.15) is 17.3 Å². The van der Waals surface area contributed by atoms with Gasteiger partial charge in [-0.25, -0.2) is 18.2 Å². The number of anilines is 1. The van der Waals surface area contributed by atoms with Crippen molar-refractivity contribution in [3.63, 3.8) is 0 Å². The quantitative estimate of drug-likeness (QED) is 0.871. The first-order valence-corrected chi connectivity index (χ1v) is 5.12. The molecule has 1 aromatic heterocycles. The Morgan fingerprint density at radius 3 is 2.21 bits per heavy atom. The predicted octanol–water partition coefficient (Wildman–Crippen LogP) is 1.85. The third-order valence-corrected chi connectivity index (χ3v) is 2.44. The molecule has 0 saturated carbocycles. The first kappa shape index (κ1) is 12.9. The van der Waals surface area contributed by atoms with Crippen molar-refractivity contribution in [1.29, 1.82) is 0 Å². The van der Waals surface area contributed by atoms with E-state index in [-0.39, 0.29) is 5.69 Å². The van der Waals surface area contributed by atoms with Gasteiger partial charge in [0.05, 0.1) is 11.3 Å². The Morgan fingerprint density at radius 1 is 1.11 bits per heavy atom. The minimum Gasteiger partial charge on any atom is -0.397 e. The maximum Gasteiger partial charge on any atom is 0.269 e. The van der Waals surface area contributed by atoms with Crippen molar-refractivity contribution in [2.24, 2.45) is 5.73 Å². The molecule has 1 amide bonds. The van der Waals surface area contributed by atoms with Gasteiger partial charge in [-0.3, -0.25) is 4.79 Å². The number of nitrogen functional groups attached to an aromatic ring is 1. The minimum atomic E-state index is -1.05. The summed E-state index contributed by atoms with van der Waals surface area (Å²) in [5.41, 5.74) is 8.27. The van der Waals surface area contributed by atoms with Crippen LogP contribution in [0.25, 0.3) is 11.3 Å². The van der Waals surface area contributed by atoms with Gasteiger partial charge in [0, 0.05) is 6.07 Å². The van der Waals surface area contributed by atoms with E-state index in [0.717, 1.165) is 24.3 Å². The Kier molecular flexibility index (Phi) is 3.12. The van der Waals surface area contributed by atoms with E-state index < -0.39 is 40.3 Å². The zero-order valence-corrected chi connectivity index (χ0v) is 9.45. The van der Waals surface area contributed by atoms with E-state index in [2.05, 4.69) is 4.98 Å². The molecule has 0 saturated heterocycles. The highest BCUT2D eigenvalue weighted by Crippen LogP contribution is 2.28. The highest BCUT2D eigenvalue weighted by molar-refractivity contribution is 5.96. The van der Waals surface area contributed by atoms with Crippen LogP contribution < -0.4 is 11.5 Å². The Morgan fingerprint density at radius 2 is 1.68 bits per heavy atom. The molecule has 0 aliphatic heterocycles. The topological polar surface area (TPSA) is 82.0 Å². The number of carbonyl (C=O) groups is 1. The second kappa shape index (κ2) is 4.60. The fraction of sp³-hybridized carbons (Fsp3) is 0. The Hall–Kier alpha value is -2.57. The van der Waals surface area contributed by atoms with Crippen LogP contribution >= 0.6 is 0 Å². The summed E-state index contributed by atoms with van der Waals surface area (Å²) in [6, 6.07) is 3.76. The molecule has 19 heavy (non-hydrogen) atoms. The molecule has 1 aromatic carbocycles. The second-order valence-electron chi connectivity index (χ2n) is 3.72. The van der Waals surface area contributed by atoms with E-state index in [1.807, 2.05) is 0 Å². The Balaban J connectivity index is 2.76. The van der Waals surface area contributed by atoms with Gasteiger partial charge >= 0.3 is 0 Å². The smallest absolute Gasteiger partial charge is 0.269 e. The lowest BCUT2D eigenvalue weighted by molar-refractivity contribution is 0.0996. The molecule has 0 bridgehead atoms. The average Bonchev–Trinajstić information content (AvgIpc) is 2.30. The minimum absolute atomic E-state index is 0.300. The van der Waals surface area contributed by atoms with Gasteiger partial charge in [0.2, 0.25) is 0 Å². The Bertz CT molecular complexity index is 653. The van der Waals surface area contributed by atoms with E-state index in [1.165, 1.54) is 0 Å². The van der Waals surface area contributed by atoms with E-state index in [9.17, 15) is 18.0 Å². The lowest BCUT2D eigenvalue weighted by atomic mass is 10.1. The first-order chi connectivity index (χ1) is 8.91. The zero-order valence-electron chi connectivity index (χ0n) is 9.45. The number of amides is 1. The maximum atomic E-state index is 13.7. The monoisotopic (exact) mass is 267 g/mol. The number of halogens is 3. The van der Waals surface area contributed by atoms with Gasteiger partial charge in [-0.2, -0.15) is 0 Å². The average molecular weight is 267 g/mol. The fourth-order valence-electron chi connectivity index (χ4n) is 1.60. The van der Waals surface area contributed by atoms with Crippen LogP contribution in [0.3, 0.4) is 0 Å². The number of nitrogens with zero attached hydrogens (tertiary/aromatic N) is 1. The Labute approximate surface area is 105 Å². The van der Waals surface area contributed by atoms with Crippen LogP contribution in [-0.2, 0) is 0 Å². The summed E-state index contributed by atoms with van der Waals surface area (Å²) in [5, 5.41) is 0. The molecule has 4 nitrogen and oxygen atoms in total. The van der Waals surface area contributed by atoms with E-state index in [4.69, 9.17) is 11.5 Å². The summed E-state index contributed by atoms with van der Waals surface area (Å²) in [4.78, 5) is 14.6. The van der Waals surface area contributed by atoms with Crippen molar-refractivity contribution in [3.05, 3.63) is 47.4 Å². The SMILES string of the molecule is NC(=O)c1nc(-c2c(F)cccc2F)c(F)cc1N. The van der Waals surface area contributed by atoms with Crippen LogP contribution in [0.2, 0.25) is 0 Å². The number of rotatable bonds is 2. The predicted molar refractivity (Wildman–Crippen MR) is 62.5 cm³/mol. The summed E-state index contributed by atoms with van der Waals surface area (Å²) in [7, 11) is 0. The molecule has 0 radical (unpaired) electrons. The molecule has 0 aliphatic carbocycles. The standard InChI is InChI=1S/C12H8F3N3O/c13-5-2-1-3-6(14)9(5)10-7(15)4-8(16)11(18-10)12(17)19/h1-4H,16H2,(H2,17,19). The number of pyridine rings is 1. The van der Waals surface area contributed by atoms with Crippen molar-refractivity contribution in [2.75, 3.05) is 5.73 Å². The summed E-state index contributed by atoms with van der Waals surface area (Å²) >= 11 is 0. The van der Waals surface area contributed by atoms with Crippen LogP contribution in [0.15, 0.2) is 24.3 Å². The van der Waals surface area contributed by atoms with Gasteiger partial charge in [-0.1, -0.05) is 6.07 Å². The van der Waals surface area contributed by atoms with Crippen LogP contribution in [-0.4, -0.2) is 10.9 Å². The fourth-order valence-corrected chi connectivity index (χ4v) is 1.60. The molecule has 0 atom stereocenters. The molecule has 7 heteroatoms.